The molecular weight excluding hydrogens is 402 g/mol. The highest BCUT2D eigenvalue weighted by Crippen LogP contribution is 2.25. The van der Waals surface area contributed by atoms with Gasteiger partial charge in [0.1, 0.15) is 24.1 Å². The third-order valence-electron chi connectivity index (χ3n) is 5.39. The van der Waals surface area contributed by atoms with E-state index in [4.69, 9.17) is 9.47 Å². The molecule has 4 atom stereocenters. The minimum absolute atomic E-state index is 0.0833. The highest BCUT2D eigenvalue weighted by molar-refractivity contribution is 5.51. The lowest BCUT2D eigenvalue weighted by Crippen LogP contribution is -2.51. The third-order valence-corrected chi connectivity index (χ3v) is 5.39. The molecule has 2 bridgehead atoms. The van der Waals surface area contributed by atoms with Crippen LogP contribution >= 0.6 is 0 Å². The van der Waals surface area contributed by atoms with Crippen molar-refractivity contribution < 1.29 is 29.9 Å². The van der Waals surface area contributed by atoms with Crippen LogP contribution in [0.3, 0.4) is 0 Å². The van der Waals surface area contributed by atoms with Crippen LogP contribution in [-0.2, 0) is 17.8 Å². The van der Waals surface area contributed by atoms with E-state index in [-0.39, 0.29) is 13.2 Å². The Kier molecular flexibility index (Phi) is 8.68. The van der Waals surface area contributed by atoms with Crippen LogP contribution in [0.15, 0.2) is 36.7 Å². The van der Waals surface area contributed by atoms with E-state index in [9.17, 15) is 20.4 Å². The average Bonchev–Trinajstić information content (AvgIpc) is 3.24. The van der Waals surface area contributed by atoms with Crippen molar-refractivity contribution in [3.8, 4) is 5.75 Å². The molecule has 4 N–H and O–H groups in total. The van der Waals surface area contributed by atoms with Gasteiger partial charge in [0.05, 0.1) is 25.5 Å². The van der Waals surface area contributed by atoms with Gasteiger partial charge in [-0.1, -0.05) is 6.07 Å². The Hall–Kier alpha value is -2.17. The standard InChI is InChI=1S/C22H33N3O6/c1-2-25-13-16(11-23-25)12-24-14-19(27)21(29)22(20(28)15-26)31-9-4-3-8-30-18-7-5-6-17(24)10-18/h5-7,10-11,13,19-22,26-29H,2-4,8-9,12,14-15H2,1H3/t19-,20-,21-,22-/m1/s1. The number of aromatic nitrogens is 2. The van der Waals surface area contributed by atoms with E-state index in [0.717, 1.165) is 30.0 Å². The molecule has 0 saturated heterocycles. The van der Waals surface area contributed by atoms with Crippen molar-refractivity contribution in [1.82, 2.24) is 9.78 Å². The molecule has 0 spiro atoms. The number of nitrogens with zero attached hydrogens (tertiary/aromatic N) is 3. The van der Waals surface area contributed by atoms with Gasteiger partial charge in [0.15, 0.2) is 0 Å². The van der Waals surface area contributed by atoms with Gasteiger partial charge in [0, 0.05) is 49.8 Å². The molecular formula is C22H33N3O6. The van der Waals surface area contributed by atoms with Crippen molar-refractivity contribution in [2.24, 2.45) is 0 Å². The zero-order valence-electron chi connectivity index (χ0n) is 17.9. The Balaban J connectivity index is 1.88. The predicted molar refractivity (Wildman–Crippen MR) is 115 cm³/mol. The van der Waals surface area contributed by atoms with Gasteiger partial charge in [-0.15, -0.1) is 0 Å². The molecule has 0 unspecified atom stereocenters. The molecule has 172 valence electrons. The number of ether oxygens (including phenoxy) is 2. The second-order valence-corrected chi connectivity index (χ2v) is 7.78. The Morgan fingerprint density at radius 3 is 2.77 bits per heavy atom. The number of fused-ring (bicyclic) bond motifs is 2. The van der Waals surface area contributed by atoms with Crippen LogP contribution in [0.25, 0.3) is 0 Å². The minimum Gasteiger partial charge on any atom is -0.494 e. The van der Waals surface area contributed by atoms with Gasteiger partial charge < -0.3 is 34.8 Å². The molecule has 9 nitrogen and oxygen atoms in total. The van der Waals surface area contributed by atoms with Gasteiger partial charge in [-0.2, -0.15) is 5.10 Å². The maximum Gasteiger partial charge on any atom is 0.121 e. The lowest BCUT2D eigenvalue weighted by Gasteiger charge is -2.34. The first-order chi connectivity index (χ1) is 15.0. The predicted octanol–water partition coefficient (Wildman–Crippen LogP) is 0.542. The molecule has 3 rings (SSSR count). The molecule has 2 aromatic rings. The highest BCUT2D eigenvalue weighted by atomic mass is 16.5. The molecule has 1 aliphatic rings. The van der Waals surface area contributed by atoms with E-state index < -0.39 is 31.0 Å². The zero-order chi connectivity index (χ0) is 22.2. The largest absolute Gasteiger partial charge is 0.494 e. The fourth-order valence-corrected chi connectivity index (χ4v) is 3.62. The van der Waals surface area contributed by atoms with E-state index >= 15 is 0 Å². The van der Waals surface area contributed by atoms with E-state index in [2.05, 4.69) is 5.10 Å². The minimum atomic E-state index is -1.37. The molecule has 9 heteroatoms. The topological polar surface area (TPSA) is 120 Å². The van der Waals surface area contributed by atoms with Crippen molar-refractivity contribution >= 4 is 5.69 Å². The third kappa shape index (κ3) is 6.41. The second kappa shape index (κ2) is 11.4. The van der Waals surface area contributed by atoms with Gasteiger partial charge in [0.2, 0.25) is 0 Å². The van der Waals surface area contributed by atoms with Crippen LogP contribution in [0.4, 0.5) is 5.69 Å². The van der Waals surface area contributed by atoms with Crippen molar-refractivity contribution in [2.75, 3.05) is 31.3 Å². The Morgan fingerprint density at radius 2 is 2.03 bits per heavy atom. The van der Waals surface area contributed by atoms with Crippen LogP contribution in [0.5, 0.6) is 5.75 Å². The number of anilines is 1. The van der Waals surface area contributed by atoms with Crippen LogP contribution in [0.1, 0.15) is 25.3 Å². The molecule has 0 saturated carbocycles. The quantitative estimate of drug-likeness (QED) is 0.537. The monoisotopic (exact) mass is 435 g/mol. The number of benzene rings is 1. The first kappa shape index (κ1) is 23.5. The summed E-state index contributed by atoms with van der Waals surface area (Å²) >= 11 is 0. The van der Waals surface area contributed by atoms with Crippen LogP contribution in [0.2, 0.25) is 0 Å². The Labute approximate surface area is 182 Å². The van der Waals surface area contributed by atoms with E-state index in [1.807, 2.05) is 47.0 Å². The summed E-state index contributed by atoms with van der Waals surface area (Å²) < 4.78 is 13.3. The first-order valence-electron chi connectivity index (χ1n) is 10.8. The van der Waals surface area contributed by atoms with Gasteiger partial charge in [-0.05, 0) is 31.9 Å². The number of rotatable bonds is 5. The van der Waals surface area contributed by atoms with Gasteiger partial charge in [-0.3, -0.25) is 4.68 Å². The first-order valence-corrected chi connectivity index (χ1v) is 10.8. The van der Waals surface area contributed by atoms with E-state index in [1.165, 1.54) is 0 Å². The van der Waals surface area contributed by atoms with Gasteiger partial charge in [-0.25, -0.2) is 0 Å². The Morgan fingerprint density at radius 1 is 1.23 bits per heavy atom. The lowest BCUT2D eigenvalue weighted by atomic mass is 10.0. The van der Waals surface area contributed by atoms with Crippen LogP contribution in [0, 0.1) is 0 Å². The maximum absolute atomic E-state index is 10.8. The summed E-state index contributed by atoms with van der Waals surface area (Å²) in [7, 11) is 0. The summed E-state index contributed by atoms with van der Waals surface area (Å²) in [5.74, 6) is 0.730. The van der Waals surface area contributed by atoms with Crippen LogP contribution in [-0.4, -0.2) is 81.0 Å². The van der Waals surface area contributed by atoms with E-state index in [1.54, 1.807) is 6.20 Å². The molecule has 0 amide bonds. The molecule has 0 aliphatic carbocycles. The second-order valence-electron chi connectivity index (χ2n) is 7.78. The normalized spacial score (nSPS) is 24.3. The number of aliphatic hydroxyl groups excluding tert-OH is 4. The summed E-state index contributed by atoms with van der Waals surface area (Å²) in [6, 6.07) is 7.60. The molecule has 31 heavy (non-hydrogen) atoms. The highest BCUT2D eigenvalue weighted by Gasteiger charge is 2.34. The molecule has 0 radical (unpaired) electrons. The Bertz CT molecular complexity index is 801. The lowest BCUT2D eigenvalue weighted by molar-refractivity contribution is -0.141. The molecule has 1 aliphatic heterocycles. The number of aliphatic hydroxyl groups is 4. The number of hydrogen-bond donors (Lipinski definition) is 4. The van der Waals surface area contributed by atoms with Crippen LogP contribution < -0.4 is 9.64 Å². The molecule has 2 heterocycles. The van der Waals surface area contributed by atoms with E-state index in [0.29, 0.717) is 19.6 Å². The maximum atomic E-state index is 10.8. The number of β-amino-alcohol motifs (C(OH)–C–C–N with tert-alkyl or cyclic N) is 1. The van der Waals surface area contributed by atoms with Crippen molar-refractivity contribution in [2.45, 2.75) is 57.3 Å². The number of hydrogen-bond acceptors (Lipinski definition) is 8. The SMILES string of the molecule is CCn1cc(CN2C[C@@H](O)[C@@H](O)[C@@H]([C@H](O)CO)OCCCCOc3cccc2c3)cn1. The summed E-state index contributed by atoms with van der Waals surface area (Å²) in [6.45, 7) is 3.51. The average molecular weight is 436 g/mol. The van der Waals surface area contributed by atoms with Crippen molar-refractivity contribution in [3.63, 3.8) is 0 Å². The summed E-state index contributed by atoms with van der Waals surface area (Å²) in [6.07, 6.45) is 0.115. The summed E-state index contributed by atoms with van der Waals surface area (Å²) in [5, 5.41) is 45.4. The molecule has 1 aromatic heterocycles. The summed E-state index contributed by atoms with van der Waals surface area (Å²) in [5.41, 5.74) is 1.78. The molecule has 1 aromatic carbocycles. The fourth-order valence-electron chi connectivity index (χ4n) is 3.62. The van der Waals surface area contributed by atoms with Crippen molar-refractivity contribution in [1.29, 1.82) is 0 Å². The van der Waals surface area contributed by atoms with Gasteiger partial charge in [0.25, 0.3) is 0 Å². The van der Waals surface area contributed by atoms with Gasteiger partial charge >= 0.3 is 0 Å². The molecule has 0 fully saturated rings. The smallest absolute Gasteiger partial charge is 0.121 e. The fraction of sp³-hybridized carbons (Fsp3) is 0.591. The summed E-state index contributed by atoms with van der Waals surface area (Å²) in [4.78, 5) is 1.92. The zero-order valence-corrected chi connectivity index (χ0v) is 17.9. The number of aryl methyl sites for hydroxylation is 1. The van der Waals surface area contributed by atoms with Crippen molar-refractivity contribution in [3.05, 3.63) is 42.2 Å².